The van der Waals surface area contributed by atoms with Gasteiger partial charge in [0.25, 0.3) is 5.69 Å². The van der Waals surface area contributed by atoms with Crippen molar-refractivity contribution in [3.63, 3.8) is 0 Å². The van der Waals surface area contributed by atoms with Gasteiger partial charge in [0.15, 0.2) is 0 Å². The molecule has 0 bridgehead atoms. The molecule has 18 heavy (non-hydrogen) atoms. The van der Waals surface area contributed by atoms with Gasteiger partial charge in [-0.25, -0.2) is 0 Å². The summed E-state index contributed by atoms with van der Waals surface area (Å²) in [7, 11) is 0. The highest BCUT2D eigenvalue weighted by molar-refractivity contribution is 6.33. The second-order valence-corrected chi connectivity index (χ2v) is 4.20. The van der Waals surface area contributed by atoms with E-state index in [-0.39, 0.29) is 5.69 Å². The van der Waals surface area contributed by atoms with Gasteiger partial charge in [-0.1, -0.05) is 11.6 Å². The first-order valence-corrected chi connectivity index (χ1v) is 5.62. The Morgan fingerprint density at radius 2 is 2.33 bits per heavy atom. The zero-order valence-electron chi connectivity index (χ0n) is 9.61. The number of nitrogens with one attached hydrogen (secondary N) is 2. The Kier molecular flexibility index (Phi) is 3.47. The van der Waals surface area contributed by atoms with Crippen LogP contribution in [0, 0.1) is 17.0 Å². The molecule has 6 nitrogen and oxygen atoms in total. The van der Waals surface area contributed by atoms with Gasteiger partial charge in [-0.05, 0) is 13.0 Å². The van der Waals surface area contributed by atoms with Gasteiger partial charge in [-0.3, -0.25) is 15.2 Å². The second kappa shape index (κ2) is 5.05. The second-order valence-electron chi connectivity index (χ2n) is 3.80. The van der Waals surface area contributed by atoms with Crippen LogP contribution in [-0.2, 0) is 6.54 Å². The van der Waals surface area contributed by atoms with Crippen molar-refractivity contribution in [3.05, 3.63) is 50.8 Å². The maximum Gasteiger partial charge on any atom is 0.271 e. The fraction of sp³-hybridized carbons (Fsp3) is 0.182. The highest BCUT2D eigenvalue weighted by Gasteiger charge is 2.10. The van der Waals surface area contributed by atoms with Crippen LogP contribution in [0.25, 0.3) is 0 Å². The van der Waals surface area contributed by atoms with Crippen LogP contribution in [0.3, 0.4) is 0 Å². The van der Waals surface area contributed by atoms with Crippen LogP contribution in [0.2, 0.25) is 5.02 Å². The Morgan fingerprint density at radius 1 is 1.56 bits per heavy atom. The third-order valence-electron chi connectivity index (χ3n) is 2.56. The van der Waals surface area contributed by atoms with Gasteiger partial charge in [-0.15, -0.1) is 0 Å². The molecule has 0 atom stereocenters. The van der Waals surface area contributed by atoms with Gasteiger partial charge >= 0.3 is 0 Å². The van der Waals surface area contributed by atoms with Crippen molar-refractivity contribution in [2.75, 3.05) is 5.32 Å². The molecule has 1 heterocycles. The Morgan fingerprint density at radius 3 is 2.94 bits per heavy atom. The standard InChI is InChI=1S/C11H11ClN4O2/c1-7-8(6-14-15-7)5-13-11-4-9(16(17)18)2-3-10(11)12/h2-4,6,13H,5H2,1H3,(H,14,15). The summed E-state index contributed by atoms with van der Waals surface area (Å²) >= 11 is 5.97. The summed E-state index contributed by atoms with van der Waals surface area (Å²) < 4.78 is 0. The highest BCUT2D eigenvalue weighted by Crippen LogP contribution is 2.27. The number of halogens is 1. The van der Waals surface area contributed by atoms with E-state index in [9.17, 15) is 10.1 Å². The van der Waals surface area contributed by atoms with Crippen LogP contribution in [0.15, 0.2) is 24.4 Å². The van der Waals surface area contributed by atoms with E-state index in [1.165, 1.54) is 18.2 Å². The number of non-ortho nitro benzene ring substituents is 1. The van der Waals surface area contributed by atoms with Crippen LogP contribution in [0.4, 0.5) is 11.4 Å². The van der Waals surface area contributed by atoms with Crippen molar-refractivity contribution in [1.82, 2.24) is 10.2 Å². The van der Waals surface area contributed by atoms with Crippen molar-refractivity contribution in [1.29, 1.82) is 0 Å². The maximum atomic E-state index is 10.7. The van der Waals surface area contributed by atoms with E-state index >= 15 is 0 Å². The summed E-state index contributed by atoms with van der Waals surface area (Å²) in [5.74, 6) is 0. The minimum Gasteiger partial charge on any atom is -0.379 e. The molecule has 0 aliphatic heterocycles. The molecule has 0 aliphatic carbocycles. The number of H-pyrrole nitrogens is 1. The van der Waals surface area contributed by atoms with Crippen molar-refractivity contribution in [2.24, 2.45) is 0 Å². The molecule has 7 heteroatoms. The number of hydrogen-bond acceptors (Lipinski definition) is 4. The maximum absolute atomic E-state index is 10.7. The molecule has 0 unspecified atom stereocenters. The smallest absolute Gasteiger partial charge is 0.271 e. The normalized spacial score (nSPS) is 10.3. The fourth-order valence-electron chi connectivity index (χ4n) is 1.51. The quantitative estimate of drug-likeness (QED) is 0.658. The Hall–Kier alpha value is -2.08. The Labute approximate surface area is 108 Å². The lowest BCUT2D eigenvalue weighted by molar-refractivity contribution is -0.384. The average molecular weight is 267 g/mol. The van der Waals surface area contributed by atoms with Crippen LogP contribution in [0.5, 0.6) is 0 Å². The molecule has 0 saturated heterocycles. The molecule has 0 amide bonds. The molecule has 0 aliphatic rings. The van der Waals surface area contributed by atoms with E-state index in [1.54, 1.807) is 6.20 Å². The molecule has 2 aromatic rings. The number of aromatic amines is 1. The lowest BCUT2D eigenvalue weighted by Crippen LogP contribution is -2.01. The summed E-state index contributed by atoms with van der Waals surface area (Å²) in [4.78, 5) is 10.2. The predicted molar refractivity (Wildman–Crippen MR) is 68.8 cm³/mol. The minimum absolute atomic E-state index is 0.00538. The summed E-state index contributed by atoms with van der Waals surface area (Å²) in [6.07, 6.45) is 1.70. The van der Waals surface area contributed by atoms with Crippen LogP contribution >= 0.6 is 11.6 Å². The lowest BCUT2D eigenvalue weighted by atomic mass is 10.2. The largest absolute Gasteiger partial charge is 0.379 e. The molecule has 0 fully saturated rings. The molecule has 2 rings (SSSR count). The molecule has 1 aromatic carbocycles. The number of nitrogens with zero attached hydrogens (tertiary/aromatic N) is 2. The Bertz CT molecular complexity index is 582. The van der Waals surface area contributed by atoms with E-state index < -0.39 is 4.92 Å². The highest BCUT2D eigenvalue weighted by atomic mass is 35.5. The molecule has 0 saturated carbocycles. The number of aromatic nitrogens is 2. The number of aryl methyl sites for hydroxylation is 1. The first-order chi connectivity index (χ1) is 8.58. The SMILES string of the molecule is Cc1[nH]ncc1CNc1cc([N+](=O)[O-])ccc1Cl. The van der Waals surface area contributed by atoms with Crippen molar-refractivity contribution in [3.8, 4) is 0 Å². The van der Waals surface area contributed by atoms with E-state index in [0.29, 0.717) is 17.3 Å². The monoisotopic (exact) mass is 266 g/mol. The van der Waals surface area contributed by atoms with Crippen LogP contribution in [-0.4, -0.2) is 15.1 Å². The number of nitro groups is 1. The zero-order valence-corrected chi connectivity index (χ0v) is 10.4. The van der Waals surface area contributed by atoms with Crippen LogP contribution in [0.1, 0.15) is 11.3 Å². The first kappa shape index (κ1) is 12.4. The average Bonchev–Trinajstić information content (AvgIpc) is 2.73. The summed E-state index contributed by atoms with van der Waals surface area (Å²) in [6, 6.07) is 4.29. The van der Waals surface area contributed by atoms with Gasteiger partial charge in [0.2, 0.25) is 0 Å². The summed E-state index contributed by atoms with van der Waals surface area (Å²) in [6.45, 7) is 2.41. The third-order valence-corrected chi connectivity index (χ3v) is 2.89. The number of rotatable bonds is 4. The van der Waals surface area contributed by atoms with E-state index in [1.807, 2.05) is 6.92 Å². The van der Waals surface area contributed by atoms with E-state index in [4.69, 9.17) is 11.6 Å². The third kappa shape index (κ3) is 2.60. The number of nitro benzene ring substituents is 1. The number of hydrogen-bond donors (Lipinski definition) is 2. The minimum atomic E-state index is -0.454. The molecule has 94 valence electrons. The van der Waals surface area contributed by atoms with E-state index in [0.717, 1.165) is 11.3 Å². The number of benzene rings is 1. The molecule has 1 aromatic heterocycles. The number of anilines is 1. The topological polar surface area (TPSA) is 83.8 Å². The fourth-order valence-corrected chi connectivity index (χ4v) is 1.69. The van der Waals surface area contributed by atoms with Gasteiger partial charge in [-0.2, -0.15) is 5.10 Å². The Balaban J connectivity index is 2.16. The lowest BCUT2D eigenvalue weighted by Gasteiger charge is -2.07. The van der Waals surface area contributed by atoms with Gasteiger partial charge in [0.05, 0.1) is 21.8 Å². The van der Waals surface area contributed by atoms with Gasteiger partial charge < -0.3 is 5.32 Å². The van der Waals surface area contributed by atoms with E-state index in [2.05, 4.69) is 15.5 Å². The molecule has 2 N–H and O–H groups in total. The van der Waals surface area contributed by atoms with Crippen LogP contribution < -0.4 is 5.32 Å². The molecular weight excluding hydrogens is 256 g/mol. The zero-order chi connectivity index (χ0) is 13.1. The molecule has 0 spiro atoms. The first-order valence-electron chi connectivity index (χ1n) is 5.24. The van der Waals surface area contributed by atoms with Crippen molar-refractivity contribution in [2.45, 2.75) is 13.5 Å². The predicted octanol–water partition coefficient (Wildman–Crippen LogP) is 2.89. The molecular formula is C11H11ClN4O2. The summed E-state index contributed by atoms with van der Waals surface area (Å²) in [5, 5.41) is 20.9. The summed E-state index contributed by atoms with van der Waals surface area (Å²) in [5.41, 5.74) is 2.47. The van der Waals surface area contributed by atoms with Gasteiger partial charge in [0.1, 0.15) is 0 Å². The van der Waals surface area contributed by atoms with Gasteiger partial charge in [0, 0.05) is 29.9 Å². The van der Waals surface area contributed by atoms with Crippen molar-refractivity contribution < 1.29 is 4.92 Å². The van der Waals surface area contributed by atoms with Crippen molar-refractivity contribution >= 4 is 23.0 Å². The molecule has 0 radical (unpaired) electrons.